The zero-order valence-corrected chi connectivity index (χ0v) is 37.4. The van der Waals surface area contributed by atoms with Crippen LogP contribution in [0.5, 0.6) is 0 Å². The lowest BCUT2D eigenvalue weighted by atomic mass is 10.0. The van der Waals surface area contributed by atoms with Crippen molar-refractivity contribution >= 4 is 49.9 Å². The van der Waals surface area contributed by atoms with E-state index in [1.807, 2.05) is 0 Å². The number of hydrogen-bond donors (Lipinski definition) is 0. The topological polar surface area (TPSA) is 55.4 Å². The SMILES string of the molecule is CC[Si](C)(C)OC[C@H](O[Si](C)(C)CC)[C@H](O[Si](C)(C)CC)[C@H](O[Si](C)(C)CC)[C@@H](CO[Si](C)(C)CC)O[Si](C)(C)CC. The molecule has 0 saturated heterocycles. The summed E-state index contributed by atoms with van der Waals surface area (Å²) in [5.74, 6) is 0. The van der Waals surface area contributed by atoms with Gasteiger partial charge in [-0.05, 0) is 115 Å². The van der Waals surface area contributed by atoms with E-state index in [1.54, 1.807) is 0 Å². The molecule has 42 heavy (non-hydrogen) atoms. The molecule has 0 bridgehead atoms. The van der Waals surface area contributed by atoms with Crippen LogP contribution in [0.3, 0.4) is 0 Å². The van der Waals surface area contributed by atoms with E-state index < -0.39 is 49.9 Å². The summed E-state index contributed by atoms with van der Waals surface area (Å²) in [7, 11) is -11.7. The molecule has 0 unspecified atom stereocenters. The normalized spacial score (nSPS) is 17.3. The van der Waals surface area contributed by atoms with Crippen molar-refractivity contribution in [2.75, 3.05) is 13.2 Å². The molecule has 12 heteroatoms. The van der Waals surface area contributed by atoms with Crippen LogP contribution in [0.15, 0.2) is 0 Å². The minimum atomic E-state index is -2.05. The highest BCUT2D eigenvalue weighted by atomic mass is 28.4. The molecule has 0 rings (SSSR count). The largest absolute Gasteiger partial charge is 0.415 e. The minimum Gasteiger partial charge on any atom is -0.415 e. The van der Waals surface area contributed by atoms with Gasteiger partial charge in [0.05, 0.1) is 37.6 Å². The monoisotopic (exact) mass is 698 g/mol. The smallest absolute Gasteiger partial charge is 0.187 e. The third-order valence-electron chi connectivity index (χ3n) is 9.29. The Bertz CT molecular complexity index is 701. The maximum atomic E-state index is 7.34. The summed E-state index contributed by atoms with van der Waals surface area (Å²) in [5, 5.41) is 0. The molecule has 0 aromatic heterocycles. The van der Waals surface area contributed by atoms with Crippen molar-refractivity contribution in [3.8, 4) is 0 Å². The maximum Gasteiger partial charge on any atom is 0.187 e. The fraction of sp³-hybridized carbons (Fsp3) is 1.00. The van der Waals surface area contributed by atoms with Gasteiger partial charge in [-0.15, -0.1) is 0 Å². The minimum absolute atomic E-state index is 0.219. The van der Waals surface area contributed by atoms with E-state index in [2.05, 4.69) is 120 Å². The highest BCUT2D eigenvalue weighted by Crippen LogP contribution is 2.32. The second-order valence-electron chi connectivity index (χ2n) is 15.8. The summed E-state index contributed by atoms with van der Waals surface area (Å²) in [6, 6.07) is 6.25. The summed E-state index contributed by atoms with van der Waals surface area (Å²) >= 11 is 0. The molecule has 0 N–H and O–H groups in total. The predicted molar refractivity (Wildman–Crippen MR) is 199 cm³/mol. The average Bonchev–Trinajstić information content (AvgIpc) is 2.91. The zero-order chi connectivity index (χ0) is 33.2. The summed E-state index contributed by atoms with van der Waals surface area (Å²) in [6.07, 6.45) is -1.01. The fourth-order valence-corrected chi connectivity index (χ4v) is 10.2. The lowest BCUT2D eigenvalue weighted by Crippen LogP contribution is -2.61. The summed E-state index contributed by atoms with van der Waals surface area (Å²) in [5.41, 5.74) is 0. The first-order valence-electron chi connectivity index (χ1n) is 16.9. The average molecular weight is 699 g/mol. The Kier molecular flexibility index (Phi) is 18.3. The van der Waals surface area contributed by atoms with Gasteiger partial charge in [0, 0.05) is 0 Å². The van der Waals surface area contributed by atoms with Crippen molar-refractivity contribution in [3.05, 3.63) is 0 Å². The first kappa shape index (κ1) is 43.1. The van der Waals surface area contributed by atoms with Gasteiger partial charge in [-0.3, -0.25) is 0 Å². The molecule has 4 atom stereocenters. The highest BCUT2D eigenvalue weighted by Gasteiger charge is 2.47. The molecule has 254 valence electrons. The standard InChI is InChI=1S/C30H74O6Si6/c1-19-37(7,8)31-25-27(33-39(11,12)21-3)29(35-41(15,16)23-5)30(36-42(17,18)24-6)28(34-40(13,14)22-4)26-32-38(9,10)20-2/h27-30H,19-26H2,1-18H3/t27-,28+,29-,30+. The Hall–Kier alpha value is 1.06. The van der Waals surface area contributed by atoms with Crippen LogP contribution in [0.2, 0.25) is 115 Å². The van der Waals surface area contributed by atoms with Crippen LogP contribution in [0.25, 0.3) is 0 Å². The Morgan fingerprint density at radius 2 is 0.548 bits per heavy atom. The van der Waals surface area contributed by atoms with Crippen LogP contribution in [-0.2, 0) is 26.6 Å². The van der Waals surface area contributed by atoms with Crippen molar-refractivity contribution in [2.24, 2.45) is 0 Å². The van der Waals surface area contributed by atoms with Crippen molar-refractivity contribution in [2.45, 2.75) is 181 Å². The van der Waals surface area contributed by atoms with E-state index >= 15 is 0 Å². The third kappa shape index (κ3) is 16.6. The van der Waals surface area contributed by atoms with Crippen LogP contribution >= 0.6 is 0 Å². The molecule has 0 heterocycles. The van der Waals surface area contributed by atoms with Gasteiger partial charge < -0.3 is 26.6 Å². The summed E-state index contributed by atoms with van der Waals surface area (Å²) in [6.45, 7) is 42.4. The lowest BCUT2D eigenvalue weighted by molar-refractivity contribution is -0.0971. The second-order valence-corrected chi connectivity index (χ2v) is 42.7. The highest BCUT2D eigenvalue weighted by molar-refractivity contribution is 6.73. The van der Waals surface area contributed by atoms with E-state index in [-0.39, 0.29) is 24.4 Å². The van der Waals surface area contributed by atoms with Crippen LogP contribution in [-0.4, -0.2) is 87.5 Å². The molecular weight excluding hydrogens is 625 g/mol. The van der Waals surface area contributed by atoms with Crippen LogP contribution < -0.4 is 0 Å². The van der Waals surface area contributed by atoms with Crippen molar-refractivity contribution < 1.29 is 26.6 Å². The third-order valence-corrected chi connectivity index (χ3v) is 25.1. The van der Waals surface area contributed by atoms with E-state index in [4.69, 9.17) is 26.6 Å². The van der Waals surface area contributed by atoms with Gasteiger partial charge in [-0.2, -0.15) is 0 Å². The lowest BCUT2D eigenvalue weighted by Gasteiger charge is -2.47. The first-order valence-corrected chi connectivity index (χ1v) is 35.6. The fourth-order valence-electron chi connectivity index (χ4n) is 3.81. The quantitative estimate of drug-likeness (QED) is 0.0991. The summed E-state index contributed by atoms with van der Waals surface area (Å²) in [4.78, 5) is 0. The van der Waals surface area contributed by atoms with Crippen molar-refractivity contribution in [3.63, 3.8) is 0 Å². The Morgan fingerprint density at radius 1 is 0.333 bits per heavy atom. The number of rotatable bonds is 23. The van der Waals surface area contributed by atoms with E-state index in [0.29, 0.717) is 13.2 Å². The molecule has 0 fully saturated rings. The van der Waals surface area contributed by atoms with Crippen molar-refractivity contribution in [1.82, 2.24) is 0 Å². The molecule has 0 aromatic carbocycles. The van der Waals surface area contributed by atoms with Crippen molar-refractivity contribution in [1.29, 1.82) is 0 Å². The molecule has 0 radical (unpaired) electrons. The zero-order valence-electron chi connectivity index (χ0n) is 31.4. The molecule has 0 aliphatic carbocycles. The second kappa shape index (κ2) is 17.8. The molecule has 0 aliphatic rings. The molecular formula is C30H74O6Si6. The number of hydrogen-bond acceptors (Lipinski definition) is 6. The van der Waals surface area contributed by atoms with Gasteiger partial charge in [-0.1, -0.05) is 41.5 Å². The maximum absolute atomic E-state index is 7.34. The Labute approximate surface area is 269 Å². The molecule has 0 aromatic rings. The Balaban J connectivity index is 7.29. The molecule has 6 nitrogen and oxygen atoms in total. The predicted octanol–water partition coefficient (Wildman–Crippen LogP) is 9.91. The van der Waals surface area contributed by atoms with E-state index in [9.17, 15) is 0 Å². The molecule has 0 saturated carbocycles. The van der Waals surface area contributed by atoms with Gasteiger partial charge >= 0.3 is 0 Å². The van der Waals surface area contributed by atoms with Crippen LogP contribution in [0.4, 0.5) is 0 Å². The Morgan fingerprint density at radius 3 is 0.762 bits per heavy atom. The molecule has 0 aliphatic heterocycles. The molecule has 0 amide bonds. The van der Waals surface area contributed by atoms with Crippen LogP contribution in [0, 0.1) is 0 Å². The van der Waals surface area contributed by atoms with Gasteiger partial charge in [0.25, 0.3) is 0 Å². The summed E-state index contributed by atoms with van der Waals surface area (Å²) < 4.78 is 42.6. The first-order chi connectivity index (χ1) is 18.9. The van der Waals surface area contributed by atoms with Crippen LogP contribution in [0.1, 0.15) is 41.5 Å². The molecule has 0 spiro atoms. The van der Waals surface area contributed by atoms with E-state index in [0.717, 1.165) is 36.3 Å². The van der Waals surface area contributed by atoms with Gasteiger partial charge in [0.2, 0.25) is 0 Å². The van der Waals surface area contributed by atoms with Gasteiger partial charge in [0.15, 0.2) is 49.9 Å². The van der Waals surface area contributed by atoms with E-state index in [1.165, 1.54) is 0 Å². The van der Waals surface area contributed by atoms with Gasteiger partial charge in [0.1, 0.15) is 0 Å². The van der Waals surface area contributed by atoms with Gasteiger partial charge in [-0.25, -0.2) is 0 Å².